The van der Waals surface area contributed by atoms with Gasteiger partial charge in [0.15, 0.2) is 0 Å². The van der Waals surface area contributed by atoms with Crippen LogP contribution in [0.4, 0.5) is 5.82 Å². The Balaban J connectivity index is 1.46. The van der Waals surface area contributed by atoms with Crippen LogP contribution in [-0.4, -0.2) is 41.8 Å². The number of nitrogens with one attached hydrogen (secondary N) is 2. The lowest BCUT2D eigenvalue weighted by Gasteiger charge is -2.21. The predicted octanol–water partition coefficient (Wildman–Crippen LogP) is 3.47. The summed E-state index contributed by atoms with van der Waals surface area (Å²) in [6, 6.07) is 9.98. The van der Waals surface area contributed by atoms with Crippen LogP contribution >= 0.6 is 15.9 Å². The highest BCUT2D eigenvalue weighted by molar-refractivity contribution is 9.10. The summed E-state index contributed by atoms with van der Waals surface area (Å²) in [6.07, 6.45) is 6.39. The zero-order chi connectivity index (χ0) is 20.8. The zero-order valence-corrected chi connectivity index (χ0v) is 18.5. The summed E-state index contributed by atoms with van der Waals surface area (Å²) in [6.45, 7) is 2.25. The van der Waals surface area contributed by atoms with E-state index in [1.165, 1.54) is 24.0 Å². The van der Waals surface area contributed by atoms with Crippen molar-refractivity contribution in [2.45, 2.75) is 38.6 Å². The molecule has 0 spiro atoms. The number of benzene rings is 1. The van der Waals surface area contributed by atoms with Crippen LogP contribution < -0.4 is 10.6 Å². The molecule has 1 aliphatic carbocycles. The van der Waals surface area contributed by atoms with E-state index in [2.05, 4.69) is 49.7 Å². The number of hydrogen-bond acceptors (Lipinski definition) is 4. The number of rotatable bonds is 7. The maximum atomic E-state index is 12.4. The van der Waals surface area contributed by atoms with Gasteiger partial charge in [-0.25, -0.2) is 4.98 Å². The van der Waals surface area contributed by atoms with Crippen LogP contribution in [0.3, 0.4) is 0 Å². The second-order valence-electron chi connectivity index (χ2n) is 7.61. The topological polar surface area (TPSA) is 74.3 Å². The van der Waals surface area contributed by atoms with Gasteiger partial charge >= 0.3 is 0 Å². The van der Waals surface area contributed by atoms with Gasteiger partial charge in [0.1, 0.15) is 5.82 Å². The molecule has 1 atom stereocenters. The lowest BCUT2D eigenvalue weighted by atomic mass is 9.89. The number of fused-ring (bicyclic) bond motifs is 1. The fourth-order valence-electron chi connectivity index (χ4n) is 3.57. The molecule has 1 aromatic carbocycles. The Morgan fingerprint density at radius 3 is 2.55 bits per heavy atom. The number of anilines is 1. The largest absolute Gasteiger partial charge is 0.348 e. The molecule has 3 rings (SSSR count). The molecule has 6 nitrogen and oxygen atoms in total. The van der Waals surface area contributed by atoms with Gasteiger partial charge in [-0.15, -0.1) is 0 Å². The number of pyridine rings is 1. The van der Waals surface area contributed by atoms with Crippen LogP contribution in [0.15, 0.2) is 41.0 Å². The third-order valence-electron chi connectivity index (χ3n) is 5.07. The Bertz CT molecular complexity index is 870. The second-order valence-corrected chi connectivity index (χ2v) is 8.52. The van der Waals surface area contributed by atoms with Gasteiger partial charge in [-0.1, -0.05) is 18.2 Å². The van der Waals surface area contributed by atoms with Gasteiger partial charge in [0.05, 0.1) is 19.1 Å². The van der Waals surface area contributed by atoms with Crippen LogP contribution in [0.5, 0.6) is 0 Å². The molecule has 1 aromatic heterocycles. The van der Waals surface area contributed by atoms with Crippen LogP contribution in [0.25, 0.3) is 0 Å². The molecule has 0 saturated carbocycles. The minimum atomic E-state index is -0.210. The number of hydrogen-bond donors (Lipinski definition) is 2. The molecule has 0 fully saturated rings. The summed E-state index contributed by atoms with van der Waals surface area (Å²) in [4.78, 5) is 30.3. The van der Waals surface area contributed by atoms with Crippen molar-refractivity contribution >= 4 is 33.6 Å². The first kappa shape index (κ1) is 21.5. The molecule has 0 bridgehead atoms. The quantitative estimate of drug-likeness (QED) is 0.665. The molecule has 0 aliphatic heterocycles. The molecule has 0 saturated heterocycles. The summed E-state index contributed by atoms with van der Waals surface area (Å²) >= 11 is 3.31. The number of carbonyl (C=O) groups excluding carboxylic acids is 2. The highest BCUT2D eigenvalue weighted by atomic mass is 79.9. The fraction of sp³-hybridized carbons (Fsp3) is 0.409. The van der Waals surface area contributed by atoms with E-state index in [-0.39, 0.29) is 30.9 Å². The molecule has 1 heterocycles. The van der Waals surface area contributed by atoms with Crippen molar-refractivity contribution in [3.63, 3.8) is 0 Å². The smallest absolute Gasteiger partial charge is 0.239 e. The van der Waals surface area contributed by atoms with Crippen molar-refractivity contribution < 1.29 is 9.59 Å². The maximum Gasteiger partial charge on any atom is 0.239 e. The van der Waals surface area contributed by atoms with E-state index in [1.54, 1.807) is 24.2 Å². The van der Waals surface area contributed by atoms with Crippen molar-refractivity contribution in [1.82, 2.24) is 15.2 Å². The van der Waals surface area contributed by atoms with Gasteiger partial charge in [0, 0.05) is 10.7 Å². The number of halogens is 1. The Labute approximate surface area is 180 Å². The molecule has 2 aromatic rings. The first-order valence-corrected chi connectivity index (χ1v) is 10.7. The van der Waals surface area contributed by atoms with E-state index < -0.39 is 0 Å². The van der Waals surface area contributed by atoms with Crippen LogP contribution in [0.1, 0.15) is 42.5 Å². The van der Waals surface area contributed by atoms with Crippen molar-refractivity contribution in [1.29, 1.82) is 0 Å². The summed E-state index contributed by atoms with van der Waals surface area (Å²) in [5.41, 5.74) is 3.97. The Morgan fingerprint density at radius 1 is 1.10 bits per heavy atom. The SMILES string of the molecule is CC(NC(=O)CN(C)CC(=O)Nc1ccc(Br)cn1)c1ccc2c(c1)CCCC2. The molecule has 29 heavy (non-hydrogen) atoms. The number of carbonyl (C=O) groups is 2. The highest BCUT2D eigenvalue weighted by Crippen LogP contribution is 2.24. The first-order valence-electron chi connectivity index (χ1n) is 9.92. The molecule has 2 amide bonds. The summed E-state index contributed by atoms with van der Waals surface area (Å²) < 4.78 is 0.845. The van der Waals surface area contributed by atoms with Gasteiger partial charge in [-0.3, -0.25) is 14.5 Å². The Morgan fingerprint density at radius 2 is 1.83 bits per heavy atom. The molecule has 7 heteroatoms. The van der Waals surface area contributed by atoms with Crippen LogP contribution in [0.2, 0.25) is 0 Å². The van der Waals surface area contributed by atoms with E-state index in [0.29, 0.717) is 5.82 Å². The Kier molecular flexibility index (Phi) is 7.39. The van der Waals surface area contributed by atoms with Crippen molar-refractivity contribution in [2.24, 2.45) is 0 Å². The third-order valence-corrected chi connectivity index (χ3v) is 5.54. The monoisotopic (exact) mass is 458 g/mol. The molecule has 154 valence electrons. The van der Waals surface area contributed by atoms with Crippen LogP contribution in [-0.2, 0) is 22.4 Å². The molecule has 2 N–H and O–H groups in total. The van der Waals surface area contributed by atoms with E-state index in [0.717, 1.165) is 22.9 Å². The zero-order valence-electron chi connectivity index (χ0n) is 16.9. The Hall–Kier alpha value is -2.25. The van der Waals surface area contributed by atoms with Crippen molar-refractivity contribution in [3.05, 3.63) is 57.7 Å². The lowest BCUT2D eigenvalue weighted by Crippen LogP contribution is -2.39. The fourth-order valence-corrected chi connectivity index (χ4v) is 3.81. The standard InChI is InChI=1S/C22H27BrN4O2/c1-15(17-8-7-16-5-3-4-6-18(16)11-17)25-21(28)13-27(2)14-22(29)26-20-10-9-19(23)12-24-20/h7-12,15H,3-6,13-14H2,1-2H3,(H,25,28)(H,24,26,29). The summed E-state index contributed by atoms with van der Waals surface area (Å²) in [7, 11) is 1.75. The number of likely N-dealkylation sites (N-methyl/N-ethyl adjacent to an activating group) is 1. The summed E-state index contributed by atoms with van der Waals surface area (Å²) in [5, 5.41) is 5.76. The average Bonchev–Trinajstić information content (AvgIpc) is 2.69. The van der Waals surface area contributed by atoms with Gasteiger partial charge in [-0.05, 0) is 84.4 Å². The van der Waals surface area contributed by atoms with Gasteiger partial charge in [0.2, 0.25) is 11.8 Å². The van der Waals surface area contributed by atoms with Crippen molar-refractivity contribution in [2.75, 3.05) is 25.5 Å². The van der Waals surface area contributed by atoms with E-state index in [4.69, 9.17) is 0 Å². The molecular formula is C22H27BrN4O2. The van der Waals surface area contributed by atoms with E-state index in [9.17, 15) is 9.59 Å². The predicted molar refractivity (Wildman–Crippen MR) is 118 cm³/mol. The van der Waals surface area contributed by atoms with Gasteiger partial charge in [0.25, 0.3) is 0 Å². The maximum absolute atomic E-state index is 12.4. The number of amides is 2. The molecule has 1 unspecified atom stereocenters. The lowest BCUT2D eigenvalue weighted by molar-refractivity contribution is -0.123. The number of nitrogens with zero attached hydrogens (tertiary/aromatic N) is 2. The second kappa shape index (κ2) is 9.98. The van der Waals surface area contributed by atoms with Crippen molar-refractivity contribution in [3.8, 4) is 0 Å². The van der Waals surface area contributed by atoms with E-state index in [1.807, 2.05) is 13.0 Å². The molecule has 1 aliphatic rings. The normalized spacial score (nSPS) is 14.2. The van der Waals surface area contributed by atoms with E-state index >= 15 is 0 Å². The van der Waals surface area contributed by atoms with Gasteiger partial charge < -0.3 is 10.6 Å². The average molecular weight is 459 g/mol. The third kappa shape index (κ3) is 6.37. The number of aryl methyl sites for hydroxylation is 2. The number of aromatic nitrogens is 1. The van der Waals surface area contributed by atoms with Gasteiger partial charge in [-0.2, -0.15) is 0 Å². The molecular weight excluding hydrogens is 432 g/mol. The minimum Gasteiger partial charge on any atom is -0.348 e. The minimum absolute atomic E-state index is 0.0658. The molecule has 0 radical (unpaired) electrons. The first-order chi connectivity index (χ1) is 13.9. The highest BCUT2D eigenvalue weighted by Gasteiger charge is 2.16. The summed E-state index contributed by atoms with van der Waals surface area (Å²) in [5.74, 6) is 0.169. The van der Waals surface area contributed by atoms with Crippen LogP contribution in [0, 0.1) is 0 Å².